The highest BCUT2D eigenvalue weighted by Gasteiger charge is 2.02. The molecule has 0 nitrogen and oxygen atoms in total. The molecular weight excluding hydrogens is 211 g/mol. The second-order valence-electron chi connectivity index (χ2n) is 4.52. The van der Waals surface area contributed by atoms with Crippen LogP contribution in [0.1, 0.15) is 45.4 Å². The lowest BCUT2D eigenvalue weighted by Crippen LogP contribution is -2.01. The topological polar surface area (TPSA) is 0 Å². The number of benzene rings is 1. The van der Waals surface area contributed by atoms with E-state index >= 15 is 0 Å². The van der Waals surface area contributed by atoms with E-state index in [9.17, 15) is 0 Å². The molecule has 1 atom stereocenters. The molecule has 0 N–H and O–H groups in total. The minimum Gasteiger partial charge on any atom is -0.0785 e. The summed E-state index contributed by atoms with van der Waals surface area (Å²) in [5.41, 5.74) is 0. The molecule has 0 spiro atoms. The van der Waals surface area contributed by atoms with Crippen LogP contribution in [-0.4, -0.2) is 12.8 Å². The van der Waals surface area contributed by atoms with Gasteiger partial charge in [-0.3, -0.25) is 0 Å². The standard InChI is InChI=1S/C15H25P/c1-3-4-5-6-7-11-14-16(2)15-12-9-8-10-13-15/h8-10,12-13H,3-7,11,14H2,1-2H3. The second-order valence-corrected chi connectivity index (χ2v) is 6.88. The van der Waals surface area contributed by atoms with Crippen LogP contribution in [0.2, 0.25) is 0 Å². The minimum absolute atomic E-state index is 0.0998. The lowest BCUT2D eigenvalue weighted by atomic mass is 10.1. The summed E-state index contributed by atoms with van der Waals surface area (Å²) in [6, 6.07) is 11.0. The molecule has 0 fully saturated rings. The van der Waals surface area contributed by atoms with Gasteiger partial charge < -0.3 is 0 Å². The van der Waals surface area contributed by atoms with Crippen molar-refractivity contribution in [2.45, 2.75) is 45.4 Å². The quantitative estimate of drug-likeness (QED) is 0.450. The molecular formula is C15H25P. The third kappa shape index (κ3) is 5.66. The Morgan fingerprint density at radius 3 is 2.19 bits per heavy atom. The molecule has 0 aliphatic heterocycles. The van der Waals surface area contributed by atoms with Crippen LogP contribution in [0.15, 0.2) is 30.3 Å². The molecule has 1 aromatic rings. The van der Waals surface area contributed by atoms with Crippen LogP contribution in [-0.2, 0) is 0 Å². The van der Waals surface area contributed by atoms with E-state index < -0.39 is 0 Å². The summed E-state index contributed by atoms with van der Waals surface area (Å²) >= 11 is 0. The van der Waals surface area contributed by atoms with E-state index in [-0.39, 0.29) is 7.92 Å². The van der Waals surface area contributed by atoms with Crippen LogP contribution in [0.5, 0.6) is 0 Å². The van der Waals surface area contributed by atoms with Gasteiger partial charge in [0, 0.05) is 0 Å². The highest BCUT2D eigenvalue weighted by Crippen LogP contribution is 2.30. The van der Waals surface area contributed by atoms with Crippen LogP contribution in [0.25, 0.3) is 0 Å². The van der Waals surface area contributed by atoms with Gasteiger partial charge in [0.1, 0.15) is 0 Å². The van der Waals surface area contributed by atoms with E-state index in [1.807, 2.05) is 0 Å². The molecule has 1 rings (SSSR count). The summed E-state index contributed by atoms with van der Waals surface area (Å²) in [6.07, 6.45) is 9.89. The lowest BCUT2D eigenvalue weighted by molar-refractivity contribution is 0.626. The molecule has 0 aliphatic carbocycles. The molecule has 0 aliphatic rings. The van der Waals surface area contributed by atoms with Crippen molar-refractivity contribution in [3.8, 4) is 0 Å². The summed E-state index contributed by atoms with van der Waals surface area (Å²) in [5, 5.41) is 1.56. The zero-order valence-corrected chi connectivity index (χ0v) is 11.7. The van der Waals surface area contributed by atoms with E-state index in [4.69, 9.17) is 0 Å². The molecule has 16 heavy (non-hydrogen) atoms. The molecule has 0 radical (unpaired) electrons. The van der Waals surface area contributed by atoms with Crippen molar-refractivity contribution in [2.24, 2.45) is 0 Å². The summed E-state index contributed by atoms with van der Waals surface area (Å²) < 4.78 is 0. The maximum absolute atomic E-state index is 2.41. The normalized spacial score (nSPS) is 12.6. The van der Waals surface area contributed by atoms with E-state index in [0.29, 0.717) is 0 Å². The predicted molar refractivity (Wildman–Crippen MR) is 77.2 cm³/mol. The van der Waals surface area contributed by atoms with Crippen LogP contribution < -0.4 is 5.30 Å². The first-order valence-electron chi connectivity index (χ1n) is 6.60. The van der Waals surface area contributed by atoms with Crippen LogP contribution >= 0.6 is 7.92 Å². The smallest absolute Gasteiger partial charge is 0.0243 e. The van der Waals surface area contributed by atoms with Crippen molar-refractivity contribution in [3.05, 3.63) is 30.3 Å². The molecule has 1 aromatic carbocycles. The number of hydrogen-bond donors (Lipinski definition) is 0. The van der Waals surface area contributed by atoms with Gasteiger partial charge >= 0.3 is 0 Å². The molecule has 90 valence electrons. The van der Waals surface area contributed by atoms with E-state index in [2.05, 4.69) is 43.9 Å². The maximum Gasteiger partial charge on any atom is -0.0243 e. The fourth-order valence-corrected chi connectivity index (χ4v) is 3.58. The van der Waals surface area contributed by atoms with E-state index in [1.54, 1.807) is 5.30 Å². The summed E-state index contributed by atoms with van der Waals surface area (Å²) in [7, 11) is 0.0998. The van der Waals surface area contributed by atoms with Crippen molar-refractivity contribution in [3.63, 3.8) is 0 Å². The Bertz CT molecular complexity index is 255. The van der Waals surface area contributed by atoms with Crippen LogP contribution in [0.3, 0.4) is 0 Å². The van der Waals surface area contributed by atoms with Gasteiger partial charge in [-0.2, -0.15) is 0 Å². The fourth-order valence-electron chi connectivity index (χ4n) is 1.94. The molecule has 0 saturated carbocycles. The zero-order valence-electron chi connectivity index (χ0n) is 10.8. The number of unbranched alkanes of at least 4 members (excludes halogenated alkanes) is 5. The van der Waals surface area contributed by atoms with Crippen molar-refractivity contribution >= 4 is 13.2 Å². The van der Waals surface area contributed by atoms with Crippen molar-refractivity contribution in [1.82, 2.24) is 0 Å². The highest BCUT2D eigenvalue weighted by atomic mass is 31.1. The third-order valence-corrected chi connectivity index (χ3v) is 5.21. The summed E-state index contributed by atoms with van der Waals surface area (Å²) in [4.78, 5) is 0. The Morgan fingerprint density at radius 1 is 0.875 bits per heavy atom. The predicted octanol–water partition coefficient (Wildman–Crippen LogP) is 4.78. The Kier molecular flexibility index (Phi) is 7.51. The summed E-state index contributed by atoms with van der Waals surface area (Å²) in [6.45, 7) is 4.69. The number of hydrogen-bond acceptors (Lipinski definition) is 0. The van der Waals surface area contributed by atoms with Crippen LogP contribution in [0.4, 0.5) is 0 Å². The van der Waals surface area contributed by atoms with Crippen LogP contribution in [0, 0.1) is 0 Å². The van der Waals surface area contributed by atoms with Gasteiger partial charge in [0.15, 0.2) is 0 Å². The SMILES string of the molecule is CCCCCCCCP(C)c1ccccc1. The Hall–Kier alpha value is -0.350. The van der Waals surface area contributed by atoms with Gasteiger partial charge in [-0.1, -0.05) is 77.3 Å². The second kappa shape index (κ2) is 8.76. The maximum atomic E-state index is 2.41. The molecule has 0 aromatic heterocycles. The molecule has 0 bridgehead atoms. The van der Waals surface area contributed by atoms with Gasteiger partial charge in [0.05, 0.1) is 0 Å². The van der Waals surface area contributed by atoms with Gasteiger partial charge in [0.25, 0.3) is 0 Å². The molecule has 1 heteroatoms. The largest absolute Gasteiger partial charge is 0.0785 e. The van der Waals surface area contributed by atoms with E-state index in [1.165, 1.54) is 44.7 Å². The van der Waals surface area contributed by atoms with Crippen molar-refractivity contribution in [1.29, 1.82) is 0 Å². The first-order chi connectivity index (χ1) is 7.84. The highest BCUT2D eigenvalue weighted by molar-refractivity contribution is 7.64. The average molecular weight is 236 g/mol. The Morgan fingerprint density at radius 2 is 1.50 bits per heavy atom. The van der Waals surface area contributed by atoms with Crippen molar-refractivity contribution in [2.75, 3.05) is 12.8 Å². The Labute approximate surface area is 102 Å². The number of rotatable bonds is 8. The minimum atomic E-state index is 0.0998. The average Bonchev–Trinajstić information content (AvgIpc) is 2.34. The first kappa shape index (κ1) is 13.7. The lowest BCUT2D eigenvalue weighted by Gasteiger charge is -2.12. The third-order valence-electron chi connectivity index (χ3n) is 3.04. The van der Waals surface area contributed by atoms with E-state index in [0.717, 1.165) is 0 Å². The molecule has 1 unspecified atom stereocenters. The van der Waals surface area contributed by atoms with Gasteiger partial charge in [-0.15, -0.1) is 0 Å². The van der Waals surface area contributed by atoms with Gasteiger partial charge in [-0.05, 0) is 24.6 Å². The first-order valence-corrected chi connectivity index (χ1v) is 8.58. The Balaban J connectivity index is 2.09. The van der Waals surface area contributed by atoms with Gasteiger partial charge in [0.2, 0.25) is 0 Å². The fraction of sp³-hybridized carbons (Fsp3) is 0.600. The zero-order chi connectivity index (χ0) is 11.6. The summed E-state index contributed by atoms with van der Waals surface area (Å²) in [5.74, 6) is 0. The van der Waals surface area contributed by atoms with Crippen molar-refractivity contribution < 1.29 is 0 Å². The van der Waals surface area contributed by atoms with Gasteiger partial charge in [-0.25, -0.2) is 0 Å². The molecule has 0 heterocycles. The molecule has 0 saturated heterocycles. The monoisotopic (exact) mass is 236 g/mol. The molecule has 0 amide bonds.